The Morgan fingerprint density at radius 2 is 1.79 bits per heavy atom. The van der Waals surface area contributed by atoms with Crippen LogP contribution in [0.15, 0.2) is 43.0 Å². The maximum atomic E-state index is 2.28. The molecule has 2 aromatic rings. The summed E-state index contributed by atoms with van der Waals surface area (Å²) in [6, 6.07) is 8.81. The smallest absolute Gasteiger partial charge is 0.236 e. The Morgan fingerprint density at radius 1 is 1.00 bits per heavy atom. The predicted octanol–water partition coefficient (Wildman–Crippen LogP) is 3.91. The van der Waals surface area contributed by atoms with E-state index in [-0.39, 0.29) is 0 Å². The lowest BCUT2D eigenvalue weighted by Crippen LogP contribution is -2.27. The third-order valence-corrected chi connectivity index (χ3v) is 3.60. The highest BCUT2D eigenvalue weighted by molar-refractivity contribution is 5.27. The van der Waals surface area contributed by atoms with Crippen LogP contribution in [0.4, 0.5) is 0 Å². The van der Waals surface area contributed by atoms with E-state index in [2.05, 4.69) is 66.0 Å². The first-order valence-electron chi connectivity index (χ1n) is 7.50. The fourth-order valence-electron chi connectivity index (χ4n) is 2.30. The van der Waals surface area contributed by atoms with Crippen LogP contribution in [0.2, 0.25) is 0 Å². The van der Waals surface area contributed by atoms with Gasteiger partial charge in [0.15, 0.2) is 0 Å². The second-order valence-corrected chi connectivity index (χ2v) is 5.14. The number of hydrogen-bond donors (Lipinski definition) is 0. The van der Waals surface area contributed by atoms with Crippen molar-refractivity contribution in [2.24, 2.45) is 0 Å². The van der Waals surface area contributed by atoms with Crippen LogP contribution in [-0.2, 0) is 13.0 Å². The van der Waals surface area contributed by atoms with Gasteiger partial charge < -0.3 is 0 Å². The number of aromatic nitrogens is 2. The molecule has 0 amide bonds. The molecule has 0 aliphatic rings. The number of unbranched alkanes of at least 4 members (excludes halogenated alkanes) is 3. The molecule has 2 nitrogen and oxygen atoms in total. The summed E-state index contributed by atoms with van der Waals surface area (Å²) in [6.45, 7) is 5.57. The van der Waals surface area contributed by atoms with E-state index in [9.17, 15) is 0 Å². The lowest BCUT2D eigenvalue weighted by molar-refractivity contribution is -0.595. The van der Waals surface area contributed by atoms with Crippen LogP contribution in [0.25, 0.3) is 5.69 Å². The molecule has 0 saturated carbocycles. The van der Waals surface area contributed by atoms with Crippen LogP contribution >= 0.6 is 0 Å². The average molecular weight is 257 g/mol. The largest absolute Gasteiger partial charge is 0.248 e. The Balaban J connectivity index is 1.95. The van der Waals surface area contributed by atoms with Gasteiger partial charge in [-0.3, -0.25) is 0 Å². The summed E-state index contributed by atoms with van der Waals surface area (Å²) in [5, 5.41) is 0. The van der Waals surface area contributed by atoms with Gasteiger partial charge in [0, 0.05) is 0 Å². The molecule has 1 heterocycles. The van der Waals surface area contributed by atoms with Crippen LogP contribution in [0.5, 0.6) is 0 Å². The zero-order valence-corrected chi connectivity index (χ0v) is 12.2. The van der Waals surface area contributed by atoms with Crippen LogP contribution in [-0.4, -0.2) is 4.57 Å². The fraction of sp³-hybridized carbons (Fsp3) is 0.471. The number of aryl methyl sites for hydroxylation is 2. The summed E-state index contributed by atoms with van der Waals surface area (Å²) in [4.78, 5) is 0. The Labute approximate surface area is 116 Å². The fourth-order valence-corrected chi connectivity index (χ4v) is 2.30. The maximum Gasteiger partial charge on any atom is 0.248 e. The molecule has 1 aromatic carbocycles. The number of benzene rings is 1. The first-order chi connectivity index (χ1) is 9.33. The van der Waals surface area contributed by atoms with Crippen molar-refractivity contribution >= 4 is 0 Å². The summed E-state index contributed by atoms with van der Waals surface area (Å²) in [5.41, 5.74) is 2.63. The number of nitrogens with zero attached hydrogens (tertiary/aromatic N) is 2. The van der Waals surface area contributed by atoms with Crippen molar-refractivity contribution in [2.75, 3.05) is 0 Å². The highest BCUT2D eigenvalue weighted by Crippen LogP contribution is 2.05. The summed E-state index contributed by atoms with van der Waals surface area (Å²) in [7, 11) is 0. The van der Waals surface area contributed by atoms with Crippen LogP contribution < -0.4 is 4.57 Å². The van der Waals surface area contributed by atoms with Gasteiger partial charge in [-0.25, -0.2) is 9.13 Å². The predicted molar refractivity (Wildman–Crippen MR) is 79.5 cm³/mol. The van der Waals surface area contributed by atoms with Crippen molar-refractivity contribution in [1.82, 2.24) is 4.57 Å². The molecular formula is C17H25N2+. The molecule has 2 heteroatoms. The minimum absolute atomic E-state index is 1.10. The first kappa shape index (κ1) is 13.9. The topological polar surface area (TPSA) is 8.81 Å². The third kappa shape index (κ3) is 3.95. The highest BCUT2D eigenvalue weighted by Gasteiger charge is 2.05. The van der Waals surface area contributed by atoms with Crippen molar-refractivity contribution in [1.29, 1.82) is 0 Å². The molecule has 0 radical (unpaired) electrons. The summed E-state index contributed by atoms with van der Waals surface area (Å²) >= 11 is 0. The van der Waals surface area contributed by atoms with Gasteiger partial charge in [-0.15, -0.1) is 0 Å². The third-order valence-electron chi connectivity index (χ3n) is 3.60. The van der Waals surface area contributed by atoms with E-state index in [0.717, 1.165) is 13.0 Å². The van der Waals surface area contributed by atoms with Gasteiger partial charge in [0.2, 0.25) is 6.33 Å². The van der Waals surface area contributed by atoms with Gasteiger partial charge >= 0.3 is 0 Å². The average Bonchev–Trinajstić information content (AvgIpc) is 2.92. The molecule has 0 unspecified atom stereocenters. The Morgan fingerprint density at radius 3 is 2.47 bits per heavy atom. The Hall–Kier alpha value is -1.57. The van der Waals surface area contributed by atoms with Gasteiger partial charge in [0.25, 0.3) is 0 Å². The van der Waals surface area contributed by atoms with Crippen molar-refractivity contribution in [2.45, 2.75) is 52.5 Å². The normalized spacial score (nSPS) is 10.8. The van der Waals surface area contributed by atoms with Gasteiger partial charge in [-0.1, -0.05) is 38.8 Å². The van der Waals surface area contributed by atoms with E-state index < -0.39 is 0 Å². The molecule has 19 heavy (non-hydrogen) atoms. The molecular weight excluding hydrogens is 232 g/mol. The second kappa shape index (κ2) is 7.13. The first-order valence-corrected chi connectivity index (χ1v) is 7.50. The molecule has 0 N–H and O–H groups in total. The van der Waals surface area contributed by atoms with E-state index in [0.29, 0.717) is 0 Å². The summed E-state index contributed by atoms with van der Waals surface area (Å²) < 4.78 is 4.47. The van der Waals surface area contributed by atoms with E-state index in [4.69, 9.17) is 0 Å². The monoisotopic (exact) mass is 257 g/mol. The lowest BCUT2D eigenvalue weighted by atomic mass is 10.1. The van der Waals surface area contributed by atoms with E-state index in [1.54, 1.807) is 0 Å². The second-order valence-electron chi connectivity index (χ2n) is 5.14. The molecule has 0 aliphatic heterocycles. The van der Waals surface area contributed by atoms with Gasteiger partial charge in [-0.05, 0) is 37.0 Å². The van der Waals surface area contributed by atoms with Crippen molar-refractivity contribution in [3.63, 3.8) is 0 Å². The zero-order valence-electron chi connectivity index (χ0n) is 12.2. The molecule has 0 saturated heterocycles. The van der Waals surface area contributed by atoms with Gasteiger partial charge in [-0.2, -0.15) is 0 Å². The van der Waals surface area contributed by atoms with E-state index in [1.165, 1.54) is 36.9 Å². The maximum absolute atomic E-state index is 2.28. The zero-order chi connectivity index (χ0) is 13.5. The molecule has 0 bridgehead atoms. The number of hydrogen-bond acceptors (Lipinski definition) is 0. The molecule has 0 spiro atoms. The molecule has 0 atom stereocenters. The number of rotatable bonds is 7. The van der Waals surface area contributed by atoms with Crippen LogP contribution in [0.1, 0.15) is 45.1 Å². The molecule has 0 aliphatic carbocycles. The Kier molecular flexibility index (Phi) is 5.20. The van der Waals surface area contributed by atoms with E-state index in [1.807, 2.05) is 0 Å². The van der Waals surface area contributed by atoms with Gasteiger partial charge in [0.05, 0.1) is 6.54 Å². The molecule has 1 aromatic heterocycles. The lowest BCUT2D eigenvalue weighted by Gasteiger charge is -1.98. The van der Waals surface area contributed by atoms with Crippen molar-refractivity contribution in [3.8, 4) is 5.69 Å². The molecule has 102 valence electrons. The Bertz CT molecular complexity index is 482. The van der Waals surface area contributed by atoms with E-state index >= 15 is 0 Å². The summed E-state index contributed by atoms with van der Waals surface area (Å²) in [5.74, 6) is 0. The minimum atomic E-state index is 1.10. The minimum Gasteiger partial charge on any atom is -0.236 e. The quantitative estimate of drug-likeness (QED) is 0.525. The SMILES string of the molecule is CCCCCCn1cc[n+](-c2ccc(CC)cc2)c1. The summed E-state index contributed by atoms with van der Waals surface area (Å²) in [6.07, 6.45) is 12.9. The van der Waals surface area contributed by atoms with Crippen LogP contribution in [0, 0.1) is 0 Å². The number of imidazole rings is 1. The molecule has 0 fully saturated rings. The molecule has 2 rings (SSSR count). The van der Waals surface area contributed by atoms with Gasteiger partial charge in [0.1, 0.15) is 18.1 Å². The van der Waals surface area contributed by atoms with Crippen molar-refractivity contribution in [3.05, 3.63) is 48.5 Å². The van der Waals surface area contributed by atoms with Crippen LogP contribution in [0.3, 0.4) is 0 Å². The highest BCUT2D eigenvalue weighted by atomic mass is 15.1. The standard InChI is InChI=1S/C17H25N2/c1-3-5-6-7-12-18-13-14-19(15-18)17-10-8-16(4-2)9-11-17/h8-11,13-15H,3-7,12H2,1-2H3/q+1. The van der Waals surface area contributed by atoms with Crippen molar-refractivity contribution < 1.29 is 4.57 Å².